The summed E-state index contributed by atoms with van der Waals surface area (Å²) in [6.45, 7) is 0. The highest BCUT2D eigenvalue weighted by molar-refractivity contribution is 8.23. The number of anilines is 1. The Labute approximate surface area is 121 Å². The smallest absolute Gasteiger partial charge is 0.139 e. The second-order valence-corrected chi connectivity index (χ2v) is 6.27. The maximum atomic E-state index is 6.10. The molecule has 1 heterocycles. The third-order valence-electron chi connectivity index (χ3n) is 2.86. The summed E-state index contributed by atoms with van der Waals surface area (Å²) in [4.78, 5) is 0. The van der Waals surface area contributed by atoms with Gasteiger partial charge in [-0.25, -0.2) is 0 Å². The number of thioether (sulfide) groups is 1. The number of thiocarbonyl (C=S) groups is 1. The highest BCUT2D eigenvalue weighted by Gasteiger charge is 2.25. The van der Waals surface area contributed by atoms with Crippen molar-refractivity contribution in [1.29, 1.82) is 0 Å². The number of hydrogen-bond acceptors (Lipinski definition) is 2. The first-order valence-electron chi connectivity index (χ1n) is 5.56. The summed E-state index contributed by atoms with van der Waals surface area (Å²) in [6.07, 6.45) is 0. The summed E-state index contributed by atoms with van der Waals surface area (Å²) in [5, 5.41) is 4.19. The first-order valence-corrected chi connectivity index (χ1v) is 7.22. The van der Waals surface area contributed by atoms with Crippen LogP contribution in [0.25, 0.3) is 0 Å². The molecular weight excluding hydrogens is 282 g/mol. The van der Waals surface area contributed by atoms with E-state index in [4.69, 9.17) is 23.8 Å². The van der Waals surface area contributed by atoms with Crippen LogP contribution >= 0.6 is 35.6 Å². The Morgan fingerprint density at radius 3 is 2.67 bits per heavy atom. The Balaban J connectivity index is 2.12. The fourth-order valence-corrected chi connectivity index (χ4v) is 3.63. The van der Waals surface area contributed by atoms with Crippen LogP contribution in [0.5, 0.6) is 0 Å². The summed E-state index contributed by atoms with van der Waals surface area (Å²) < 4.78 is 0.804. The molecule has 0 saturated heterocycles. The molecule has 1 N–H and O–H groups in total. The largest absolute Gasteiger partial charge is 0.341 e. The van der Waals surface area contributed by atoms with Gasteiger partial charge in [0.2, 0.25) is 0 Å². The summed E-state index contributed by atoms with van der Waals surface area (Å²) in [7, 11) is 0. The van der Waals surface area contributed by atoms with E-state index in [2.05, 4.69) is 17.4 Å². The van der Waals surface area contributed by atoms with Gasteiger partial charge in [-0.15, -0.1) is 0 Å². The van der Waals surface area contributed by atoms with E-state index in [1.807, 2.05) is 36.4 Å². The average molecular weight is 292 g/mol. The molecule has 0 saturated carbocycles. The van der Waals surface area contributed by atoms with Crippen molar-refractivity contribution in [2.75, 3.05) is 5.32 Å². The predicted molar refractivity (Wildman–Crippen MR) is 83.5 cm³/mol. The van der Waals surface area contributed by atoms with Crippen molar-refractivity contribution >= 4 is 45.6 Å². The third kappa shape index (κ3) is 2.26. The summed E-state index contributed by atoms with van der Waals surface area (Å²) in [5.74, 6) is 0. The molecule has 2 aromatic rings. The van der Waals surface area contributed by atoms with Crippen molar-refractivity contribution in [2.24, 2.45) is 0 Å². The van der Waals surface area contributed by atoms with Gasteiger partial charge in [0, 0.05) is 10.7 Å². The first-order chi connectivity index (χ1) is 8.74. The van der Waals surface area contributed by atoms with E-state index in [1.165, 1.54) is 11.1 Å². The zero-order chi connectivity index (χ0) is 12.5. The molecule has 0 spiro atoms. The fraction of sp³-hybridized carbons (Fsp3) is 0.0714. The Kier molecular flexibility index (Phi) is 3.29. The number of rotatable bonds is 1. The van der Waals surface area contributed by atoms with Gasteiger partial charge in [-0.05, 0) is 29.3 Å². The molecule has 0 aliphatic carbocycles. The molecule has 0 radical (unpaired) electrons. The van der Waals surface area contributed by atoms with Crippen LogP contribution in [0.3, 0.4) is 0 Å². The van der Waals surface area contributed by atoms with Crippen LogP contribution in [-0.2, 0) is 0 Å². The van der Waals surface area contributed by atoms with E-state index in [-0.39, 0.29) is 5.25 Å². The van der Waals surface area contributed by atoms with Gasteiger partial charge in [-0.2, -0.15) is 0 Å². The number of hydrogen-bond donors (Lipinski definition) is 1. The van der Waals surface area contributed by atoms with Crippen molar-refractivity contribution in [2.45, 2.75) is 5.25 Å². The normalized spacial score (nSPS) is 18.1. The molecule has 1 aliphatic heterocycles. The highest BCUT2D eigenvalue weighted by atomic mass is 35.5. The van der Waals surface area contributed by atoms with Crippen LogP contribution in [0.2, 0.25) is 5.02 Å². The van der Waals surface area contributed by atoms with Crippen molar-refractivity contribution in [3.05, 3.63) is 64.7 Å². The van der Waals surface area contributed by atoms with Crippen LogP contribution in [0.4, 0.5) is 5.69 Å². The highest BCUT2D eigenvalue weighted by Crippen LogP contribution is 2.44. The molecule has 0 fully saturated rings. The predicted octanol–water partition coefficient (Wildman–Crippen LogP) is 4.87. The molecule has 2 aromatic carbocycles. The molecular formula is C14H10ClNS2. The Morgan fingerprint density at radius 1 is 1.11 bits per heavy atom. The van der Waals surface area contributed by atoms with Gasteiger partial charge >= 0.3 is 0 Å². The van der Waals surface area contributed by atoms with E-state index in [0.717, 1.165) is 15.0 Å². The zero-order valence-corrected chi connectivity index (χ0v) is 11.8. The van der Waals surface area contributed by atoms with Gasteiger partial charge < -0.3 is 5.32 Å². The van der Waals surface area contributed by atoms with Gasteiger partial charge in [0.1, 0.15) is 4.32 Å². The van der Waals surface area contributed by atoms with Crippen LogP contribution in [0.15, 0.2) is 48.5 Å². The number of fused-ring (bicyclic) bond motifs is 1. The Hall–Kier alpha value is -1.03. The van der Waals surface area contributed by atoms with E-state index in [1.54, 1.807) is 11.8 Å². The maximum absolute atomic E-state index is 6.10. The first kappa shape index (κ1) is 12.0. The monoisotopic (exact) mass is 291 g/mol. The zero-order valence-electron chi connectivity index (χ0n) is 9.39. The summed E-state index contributed by atoms with van der Waals surface area (Å²) in [6, 6.07) is 16.2. The second-order valence-electron chi connectivity index (χ2n) is 4.05. The van der Waals surface area contributed by atoms with E-state index >= 15 is 0 Å². The molecule has 0 bridgehead atoms. The number of halogens is 1. The minimum Gasteiger partial charge on any atom is -0.341 e. The minimum atomic E-state index is 0.216. The SMILES string of the molecule is S=C1Nc2ccc(Cl)cc2C(c2ccccc2)S1. The van der Waals surface area contributed by atoms with Crippen LogP contribution < -0.4 is 5.32 Å². The molecule has 1 aliphatic rings. The molecule has 0 aromatic heterocycles. The molecule has 3 rings (SSSR count). The lowest BCUT2D eigenvalue weighted by molar-refractivity contribution is 1.16. The van der Waals surface area contributed by atoms with Crippen LogP contribution in [0, 0.1) is 0 Å². The van der Waals surface area contributed by atoms with Crippen molar-refractivity contribution in [1.82, 2.24) is 0 Å². The van der Waals surface area contributed by atoms with E-state index in [0.29, 0.717) is 0 Å². The van der Waals surface area contributed by atoms with Crippen LogP contribution in [-0.4, -0.2) is 4.32 Å². The van der Waals surface area contributed by atoms with Gasteiger partial charge in [0.25, 0.3) is 0 Å². The van der Waals surface area contributed by atoms with E-state index in [9.17, 15) is 0 Å². The second kappa shape index (κ2) is 4.92. The Morgan fingerprint density at radius 2 is 1.89 bits per heavy atom. The van der Waals surface area contributed by atoms with Gasteiger partial charge in [0.05, 0.1) is 5.25 Å². The lowest BCUT2D eigenvalue weighted by atomic mass is 10.0. The van der Waals surface area contributed by atoms with Gasteiger partial charge in [-0.1, -0.05) is 65.9 Å². The molecule has 1 atom stereocenters. The lowest BCUT2D eigenvalue weighted by Gasteiger charge is -2.27. The van der Waals surface area contributed by atoms with Crippen LogP contribution in [0.1, 0.15) is 16.4 Å². The molecule has 4 heteroatoms. The van der Waals surface area contributed by atoms with Crippen molar-refractivity contribution < 1.29 is 0 Å². The topological polar surface area (TPSA) is 12.0 Å². The maximum Gasteiger partial charge on any atom is 0.139 e. The van der Waals surface area contributed by atoms with Gasteiger partial charge in [-0.3, -0.25) is 0 Å². The average Bonchev–Trinajstić information content (AvgIpc) is 2.39. The molecule has 1 nitrogen and oxygen atoms in total. The molecule has 1 unspecified atom stereocenters. The lowest BCUT2D eigenvalue weighted by Crippen LogP contribution is -2.16. The molecule has 0 amide bonds. The minimum absolute atomic E-state index is 0.216. The number of benzene rings is 2. The van der Waals surface area contributed by atoms with Gasteiger partial charge in [0.15, 0.2) is 0 Å². The fourth-order valence-electron chi connectivity index (χ4n) is 2.05. The van der Waals surface area contributed by atoms with Crippen molar-refractivity contribution in [3.8, 4) is 0 Å². The summed E-state index contributed by atoms with van der Waals surface area (Å²) in [5.41, 5.74) is 3.49. The quantitative estimate of drug-likeness (QED) is 0.753. The Bertz CT molecular complexity index is 598. The standard InChI is InChI=1S/C14H10ClNS2/c15-10-6-7-12-11(8-10)13(18-14(17)16-12)9-4-2-1-3-5-9/h1-8,13H,(H,16,17). The van der Waals surface area contributed by atoms with E-state index < -0.39 is 0 Å². The summed E-state index contributed by atoms with van der Waals surface area (Å²) >= 11 is 13.1. The number of nitrogens with one attached hydrogen (secondary N) is 1. The van der Waals surface area contributed by atoms with Crippen molar-refractivity contribution in [3.63, 3.8) is 0 Å². The molecule has 18 heavy (non-hydrogen) atoms. The third-order valence-corrected chi connectivity index (χ3v) is 4.56. The molecule has 90 valence electrons.